The molecule has 0 amide bonds. The molecular formula is C20H27Cl2NO. The van der Waals surface area contributed by atoms with Crippen LogP contribution in [-0.2, 0) is 12.0 Å². The van der Waals surface area contributed by atoms with Crippen LogP contribution in [0.3, 0.4) is 0 Å². The Morgan fingerprint density at radius 1 is 1.04 bits per heavy atom. The van der Waals surface area contributed by atoms with Crippen molar-refractivity contribution in [3.8, 4) is 0 Å². The average molecular weight is 368 g/mol. The Morgan fingerprint density at radius 3 is 2.12 bits per heavy atom. The first-order valence-corrected chi connectivity index (χ1v) is 8.50. The van der Waals surface area contributed by atoms with Crippen LogP contribution in [0, 0.1) is 5.92 Å². The second-order valence-electron chi connectivity index (χ2n) is 6.43. The number of halogens is 2. The summed E-state index contributed by atoms with van der Waals surface area (Å²) in [6, 6.07) is 18.0. The van der Waals surface area contributed by atoms with Crippen LogP contribution in [0.25, 0.3) is 0 Å². The van der Waals surface area contributed by atoms with E-state index in [9.17, 15) is 5.11 Å². The molecule has 0 aliphatic heterocycles. The molecule has 24 heavy (non-hydrogen) atoms. The maximum Gasteiger partial charge on any atom is 0.0937 e. The van der Waals surface area contributed by atoms with Gasteiger partial charge in [0.1, 0.15) is 0 Å². The van der Waals surface area contributed by atoms with Crippen molar-refractivity contribution in [1.29, 1.82) is 0 Å². The third-order valence-electron chi connectivity index (χ3n) is 4.47. The van der Waals surface area contributed by atoms with Crippen LogP contribution in [0.5, 0.6) is 0 Å². The fourth-order valence-electron chi connectivity index (χ4n) is 3.19. The van der Waals surface area contributed by atoms with Crippen molar-refractivity contribution >= 4 is 24.0 Å². The summed E-state index contributed by atoms with van der Waals surface area (Å²) in [5.74, 6) is 0.103. The van der Waals surface area contributed by atoms with Gasteiger partial charge in [-0.05, 0) is 50.2 Å². The predicted octanol–water partition coefficient (Wildman–Crippen LogP) is 4.78. The van der Waals surface area contributed by atoms with Crippen molar-refractivity contribution in [2.75, 3.05) is 20.6 Å². The maximum absolute atomic E-state index is 11.5. The summed E-state index contributed by atoms with van der Waals surface area (Å²) >= 11 is 6.01. The predicted molar refractivity (Wildman–Crippen MR) is 105 cm³/mol. The Balaban J connectivity index is 0.00000288. The second-order valence-corrected chi connectivity index (χ2v) is 6.87. The minimum absolute atomic E-state index is 0. The molecule has 0 aliphatic carbocycles. The van der Waals surface area contributed by atoms with Crippen LogP contribution in [0.4, 0.5) is 0 Å². The Hall–Kier alpha value is -1.06. The number of rotatable bonds is 7. The number of benzene rings is 2. The Morgan fingerprint density at radius 2 is 1.62 bits per heavy atom. The third-order valence-corrected chi connectivity index (χ3v) is 4.72. The average Bonchev–Trinajstić information content (AvgIpc) is 2.55. The summed E-state index contributed by atoms with van der Waals surface area (Å²) in [7, 11) is 4.10. The van der Waals surface area contributed by atoms with Gasteiger partial charge < -0.3 is 10.0 Å². The number of hydrogen-bond acceptors (Lipinski definition) is 2. The van der Waals surface area contributed by atoms with Crippen molar-refractivity contribution in [2.45, 2.75) is 25.4 Å². The van der Waals surface area contributed by atoms with Gasteiger partial charge in [-0.15, -0.1) is 12.4 Å². The summed E-state index contributed by atoms with van der Waals surface area (Å²) in [6.07, 6.45) is 1.51. The lowest BCUT2D eigenvalue weighted by Crippen LogP contribution is -2.41. The quantitative estimate of drug-likeness (QED) is 0.760. The largest absolute Gasteiger partial charge is 0.385 e. The first kappa shape index (κ1) is 21.0. The van der Waals surface area contributed by atoms with Gasteiger partial charge in [0.05, 0.1) is 5.60 Å². The summed E-state index contributed by atoms with van der Waals surface area (Å²) in [5.41, 5.74) is 1.32. The molecule has 2 aromatic carbocycles. The summed E-state index contributed by atoms with van der Waals surface area (Å²) in [5, 5.41) is 12.2. The van der Waals surface area contributed by atoms with E-state index >= 15 is 0 Å². The van der Waals surface area contributed by atoms with E-state index in [-0.39, 0.29) is 18.3 Å². The molecule has 0 spiro atoms. The van der Waals surface area contributed by atoms with Crippen LogP contribution in [-0.4, -0.2) is 30.6 Å². The molecule has 0 saturated carbocycles. The molecule has 0 saturated heterocycles. The van der Waals surface area contributed by atoms with Gasteiger partial charge in [0.25, 0.3) is 0 Å². The molecule has 2 nitrogen and oxygen atoms in total. The Bertz CT molecular complexity index is 601. The topological polar surface area (TPSA) is 23.5 Å². The van der Waals surface area contributed by atoms with Gasteiger partial charge in [-0.1, -0.05) is 61.0 Å². The van der Waals surface area contributed by atoms with Crippen molar-refractivity contribution in [3.63, 3.8) is 0 Å². The molecule has 4 heteroatoms. The summed E-state index contributed by atoms with van der Waals surface area (Å²) in [6.45, 7) is 2.87. The fourth-order valence-corrected chi connectivity index (χ4v) is 3.32. The van der Waals surface area contributed by atoms with Gasteiger partial charge in [-0.2, -0.15) is 0 Å². The van der Waals surface area contributed by atoms with Gasteiger partial charge in [-0.3, -0.25) is 0 Å². The van der Waals surface area contributed by atoms with Gasteiger partial charge in [0.2, 0.25) is 0 Å². The number of aliphatic hydroxyl groups is 1. The first-order valence-electron chi connectivity index (χ1n) is 8.12. The third kappa shape index (κ3) is 5.22. The van der Waals surface area contributed by atoms with Crippen molar-refractivity contribution in [2.24, 2.45) is 5.92 Å². The van der Waals surface area contributed by atoms with Gasteiger partial charge in [0.15, 0.2) is 0 Å². The standard InChI is InChI=1S/C20H26ClNO.ClH/c1-4-20(23,17-10-12-19(21)13-11-17)18(15-22(2)3)14-16-8-6-5-7-9-16;/h5-13,18,23H,4,14-15H2,1-3H3;1H. The van der Waals surface area contributed by atoms with E-state index in [2.05, 4.69) is 43.3 Å². The van der Waals surface area contributed by atoms with E-state index in [1.807, 2.05) is 37.3 Å². The molecule has 0 radical (unpaired) electrons. The zero-order valence-electron chi connectivity index (χ0n) is 14.6. The van der Waals surface area contributed by atoms with Crippen LogP contribution in [0.2, 0.25) is 5.02 Å². The number of hydrogen-bond donors (Lipinski definition) is 1. The van der Waals surface area contributed by atoms with Gasteiger partial charge >= 0.3 is 0 Å². The molecule has 0 aliphatic rings. The van der Waals surface area contributed by atoms with E-state index < -0.39 is 5.60 Å². The second kappa shape index (κ2) is 9.43. The van der Waals surface area contributed by atoms with Crippen LogP contribution in [0.15, 0.2) is 54.6 Å². The molecule has 0 fully saturated rings. The lowest BCUT2D eigenvalue weighted by Gasteiger charge is -2.38. The van der Waals surface area contributed by atoms with Crippen molar-refractivity contribution in [1.82, 2.24) is 4.90 Å². The molecule has 1 N–H and O–H groups in total. The lowest BCUT2D eigenvalue weighted by atomic mass is 9.76. The van der Waals surface area contributed by atoms with Crippen LogP contribution >= 0.6 is 24.0 Å². The van der Waals surface area contributed by atoms with Crippen LogP contribution < -0.4 is 0 Å². The molecule has 2 rings (SSSR count). The number of nitrogens with zero attached hydrogens (tertiary/aromatic N) is 1. The van der Waals surface area contributed by atoms with Gasteiger partial charge in [0, 0.05) is 17.5 Å². The highest BCUT2D eigenvalue weighted by molar-refractivity contribution is 6.30. The Labute approximate surface area is 156 Å². The molecule has 0 bridgehead atoms. The molecule has 0 aromatic heterocycles. The van der Waals surface area contributed by atoms with Crippen molar-refractivity contribution < 1.29 is 5.11 Å². The van der Waals surface area contributed by atoms with Crippen LogP contribution in [0.1, 0.15) is 24.5 Å². The Kier molecular flexibility index (Phi) is 8.24. The van der Waals surface area contributed by atoms with E-state index in [1.54, 1.807) is 0 Å². The zero-order valence-corrected chi connectivity index (χ0v) is 16.1. The molecule has 2 aromatic rings. The first-order chi connectivity index (χ1) is 11.0. The molecule has 0 heterocycles. The monoisotopic (exact) mass is 367 g/mol. The molecule has 2 atom stereocenters. The zero-order chi connectivity index (χ0) is 16.9. The highest BCUT2D eigenvalue weighted by atomic mass is 35.5. The highest BCUT2D eigenvalue weighted by Gasteiger charge is 2.37. The van der Waals surface area contributed by atoms with E-state index in [0.29, 0.717) is 11.4 Å². The lowest BCUT2D eigenvalue weighted by molar-refractivity contribution is -0.0366. The maximum atomic E-state index is 11.5. The van der Waals surface area contributed by atoms with E-state index in [4.69, 9.17) is 11.6 Å². The minimum Gasteiger partial charge on any atom is -0.385 e. The fraction of sp³-hybridized carbons (Fsp3) is 0.400. The van der Waals surface area contributed by atoms with E-state index in [0.717, 1.165) is 18.5 Å². The van der Waals surface area contributed by atoms with Gasteiger partial charge in [-0.25, -0.2) is 0 Å². The highest BCUT2D eigenvalue weighted by Crippen LogP contribution is 2.36. The van der Waals surface area contributed by atoms with E-state index in [1.165, 1.54) is 5.56 Å². The molecular weight excluding hydrogens is 341 g/mol. The molecule has 132 valence electrons. The molecule has 2 unspecified atom stereocenters. The van der Waals surface area contributed by atoms with Crippen molar-refractivity contribution in [3.05, 3.63) is 70.7 Å². The summed E-state index contributed by atoms with van der Waals surface area (Å²) < 4.78 is 0. The minimum atomic E-state index is -0.870. The smallest absolute Gasteiger partial charge is 0.0937 e. The summed E-state index contributed by atoms with van der Waals surface area (Å²) in [4.78, 5) is 2.14. The normalized spacial score (nSPS) is 14.8. The SMILES string of the molecule is CCC(O)(c1ccc(Cl)cc1)C(Cc1ccccc1)CN(C)C.Cl.